The van der Waals surface area contributed by atoms with Gasteiger partial charge in [-0.25, -0.2) is 23.4 Å². The van der Waals surface area contributed by atoms with E-state index in [0.29, 0.717) is 29.9 Å². The van der Waals surface area contributed by atoms with Crippen LogP contribution in [0.5, 0.6) is 0 Å². The number of rotatable bonds is 7. The number of aliphatic hydroxyl groups is 1. The third-order valence-corrected chi connectivity index (χ3v) is 6.66. The molecular weight excluding hydrogens is 538 g/mol. The molecular formula is C27H32F2N8O4. The van der Waals surface area contributed by atoms with Gasteiger partial charge in [-0.05, 0) is 38.8 Å². The molecule has 14 heteroatoms. The van der Waals surface area contributed by atoms with E-state index in [0.717, 1.165) is 10.5 Å². The van der Waals surface area contributed by atoms with Crippen molar-refractivity contribution in [2.75, 3.05) is 34.8 Å². The summed E-state index contributed by atoms with van der Waals surface area (Å²) in [5.74, 6) is 0.218. The van der Waals surface area contributed by atoms with Crippen LogP contribution in [0, 0.1) is 0 Å². The van der Waals surface area contributed by atoms with E-state index in [4.69, 9.17) is 9.84 Å². The lowest BCUT2D eigenvalue weighted by Crippen LogP contribution is -2.52. The second-order valence-electron chi connectivity index (χ2n) is 10.8. The van der Waals surface area contributed by atoms with Crippen LogP contribution in [0.25, 0.3) is 0 Å². The minimum absolute atomic E-state index is 0.0812. The minimum Gasteiger partial charge on any atom is -0.443 e. The lowest BCUT2D eigenvalue weighted by Gasteiger charge is -2.44. The quantitative estimate of drug-likeness (QED) is 0.430. The van der Waals surface area contributed by atoms with Crippen LogP contribution in [-0.4, -0.2) is 73.6 Å². The number of hydrogen-bond donors (Lipinski definition) is 2. The highest BCUT2D eigenvalue weighted by Crippen LogP contribution is 2.41. The largest absolute Gasteiger partial charge is 0.443 e. The Labute approximate surface area is 235 Å². The molecule has 41 heavy (non-hydrogen) atoms. The van der Waals surface area contributed by atoms with Crippen molar-refractivity contribution in [3.05, 3.63) is 54.0 Å². The van der Waals surface area contributed by atoms with Crippen molar-refractivity contribution in [1.29, 1.82) is 0 Å². The minimum atomic E-state index is -2.80. The number of nitrogens with one attached hydrogen (secondary N) is 1. The van der Waals surface area contributed by atoms with E-state index in [2.05, 4.69) is 20.4 Å². The molecule has 1 aromatic carbocycles. The molecule has 0 bridgehead atoms. The average molecular weight is 571 g/mol. The fourth-order valence-electron chi connectivity index (χ4n) is 5.00. The number of fused-ring (bicyclic) bond motifs is 2. The van der Waals surface area contributed by atoms with E-state index in [-0.39, 0.29) is 31.5 Å². The molecule has 0 unspecified atom stereocenters. The number of carbonyl (C=O) groups is 2. The predicted molar refractivity (Wildman–Crippen MR) is 146 cm³/mol. The van der Waals surface area contributed by atoms with Crippen molar-refractivity contribution < 1.29 is 28.2 Å². The summed E-state index contributed by atoms with van der Waals surface area (Å²) in [5, 5.41) is 16.2. The van der Waals surface area contributed by atoms with Crippen LogP contribution in [0.1, 0.15) is 44.4 Å². The van der Waals surface area contributed by atoms with Crippen molar-refractivity contribution in [2.24, 2.45) is 0 Å². The Hall–Kier alpha value is -4.33. The standard InChI is InChI=1S/C27H32F2N8O4/c1-27(2,3)41-26(40)35-9-8-21(19-6-4-5-7-20(19)35)36-14-17-12-30-24(32-18-13-31-34(15-18)10-11-38)33-23(17)37(25(36)39)16-22(28)29/h4-7,12-13,15,21-22,38H,8-11,14,16H2,1-3H3,(H,30,32,33)/t21-/m0/s1. The van der Waals surface area contributed by atoms with Crippen molar-refractivity contribution in [3.63, 3.8) is 0 Å². The molecule has 2 N–H and O–H groups in total. The van der Waals surface area contributed by atoms with Crippen LogP contribution >= 0.6 is 0 Å². The number of alkyl halides is 2. The van der Waals surface area contributed by atoms with Gasteiger partial charge in [-0.2, -0.15) is 10.1 Å². The molecule has 1 atom stereocenters. The monoisotopic (exact) mass is 570 g/mol. The normalized spacial score (nSPS) is 17.0. The summed E-state index contributed by atoms with van der Waals surface area (Å²) >= 11 is 0. The van der Waals surface area contributed by atoms with E-state index in [1.807, 2.05) is 12.1 Å². The Kier molecular flexibility index (Phi) is 7.76. The Morgan fingerprint density at radius 2 is 2.02 bits per heavy atom. The van der Waals surface area contributed by atoms with Gasteiger partial charge in [-0.15, -0.1) is 0 Å². The summed E-state index contributed by atoms with van der Waals surface area (Å²) in [7, 11) is 0. The summed E-state index contributed by atoms with van der Waals surface area (Å²) in [6.07, 6.45) is 1.78. The van der Waals surface area contributed by atoms with Gasteiger partial charge in [0.05, 0.1) is 49.9 Å². The zero-order chi connectivity index (χ0) is 29.3. The third-order valence-electron chi connectivity index (χ3n) is 6.66. The maximum absolute atomic E-state index is 13.8. The molecule has 218 valence electrons. The number of halogens is 2. The molecule has 0 radical (unpaired) electrons. The van der Waals surface area contributed by atoms with Crippen LogP contribution in [0.2, 0.25) is 0 Å². The molecule has 2 aromatic heterocycles. The van der Waals surface area contributed by atoms with E-state index >= 15 is 0 Å². The smallest absolute Gasteiger partial charge is 0.414 e. The number of benzene rings is 1. The van der Waals surface area contributed by atoms with Gasteiger partial charge in [0.2, 0.25) is 5.95 Å². The molecule has 0 aliphatic carbocycles. The highest BCUT2D eigenvalue weighted by molar-refractivity contribution is 5.95. The Balaban J connectivity index is 1.44. The van der Waals surface area contributed by atoms with E-state index in [1.54, 1.807) is 44.0 Å². The lowest BCUT2D eigenvalue weighted by atomic mass is 9.94. The predicted octanol–water partition coefficient (Wildman–Crippen LogP) is 4.30. The SMILES string of the molecule is CC(C)(C)OC(=O)N1CC[C@H](N2Cc3cnc(Nc4cnn(CCO)c4)nc3N(CC(F)F)C2=O)c2ccccc21. The Morgan fingerprint density at radius 1 is 1.24 bits per heavy atom. The molecule has 3 amide bonds. The first kappa shape index (κ1) is 28.2. The number of nitrogens with zero attached hydrogens (tertiary/aromatic N) is 7. The molecule has 3 aromatic rings. The second kappa shape index (κ2) is 11.3. The number of para-hydroxylation sites is 1. The van der Waals surface area contributed by atoms with E-state index in [1.165, 1.54) is 22.0 Å². The van der Waals surface area contributed by atoms with Crippen LogP contribution in [0.3, 0.4) is 0 Å². The second-order valence-corrected chi connectivity index (χ2v) is 10.8. The molecule has 0 saturated carbocycles. The first-order valence-electron chi connectivity index (χ1n) is 13.3. The molecule has 0 fully saturated rings. The summed E-state index contributed by atoms with van der Waals surface area (Å²) in [5.41, 5.74) is 1.69. The maximum atomic E-state index is 13.8. The lowest BCUT2D eigenvalue weighted by molar-refractivity contribution is 0.0571. The van der Waals surface area contributed by atoms with Gasteiger partial charge in [0.25, 0.3) is 6.43 Å². The summed E-state index contributed by atoms with van der Waals surface area (Å²) in [6.45, 7) is 5.14. The van der Waals surface area contributed by atoms with E-state index in [9.17, 15) is 18.4 Å². The van der Waals surface area contributed by atoms with Crippen molar-refractivity contribution >= 4 is 35.3 Å². The van der Waals surface area contributed by atoms with Crippen LogP contribution in [-0.2, 0) is 17.8 Å². The highest BCUT2D eigenvalue weighted by Gasteiger charge is 2.41. The molecule has 4 heterocycles. The number of carbonyl (C=O) groups excluding carboxylic acids is 2. The van der Waals surface area contributed by atoms with Gasteiger partial charge in [0, 0.05) is 24.5 Å². The number of aliphatic hydroxyl groups excluding tert-OH is 1. The first-order chi connectivity index (χ1) is 19.5. The number of aromatic nitrogens is 4. The van der Waals surface area contributed by atoms with Gasteiger partial charge in [0.15, 0.2) is 0 Å². The first-order valence-corrected chi connectivity index (χ1v) is 13.3. The molecule has 12 nitrogen and oxygen atoms in total. The average Bonchev–Trinajstić information content (AvgIpc) is 3.35. The number of anilines is 4. The van der Waals surface area contributed by atoms with Gasteiger partial charge >= 0.3 is 12.1 Å². The van der Waals surface area contributed by atoms with Gasteiger partial charge in [-0.3, -0.25) is 14.5 Å². The van der Waals surface area contributed by atoms with Crippen LogP contribution in [0.4, 0.5) is 41.5 Å². The number of hydrogen-bond acceptors (Lipinski definition) is 8. The van der Waals surface area contributed by atoms with Crippen LogP contribution < -0.4 is 15.1 Å². The van der Waals surface area contributed by atoms with E-state index < -0.39 is 36.7 Å². The topological polar surface area (TPSA) is 129 Å². The van der Waals surface area contributed by atoms with Gasteiger partial charge in [-0.1, -0.05) is 18.2 Å². The van der Waals surface area contributed by atoms with Crippen molar-refractivity contribution in [1.82, 2.24) is 24.6 Å². The molecule has 2 aliphatic rings. The summed E-state index contributed by atoms with van der Waals surface area (Å²) < 4.78 is 34.6. The number of ether oxygens (including phenoxy) is 1. The Morgan fingerprint density at radius 3 is 2.76 bits per heavy atom. The number of amides is 3. The zero-order valence-electron chi connectivity index (χ0n) is 23.0. The molecule has 0 saturated heterocycles. The fraction of sp³-hybridized carbons (Fsp3) is 0.444. The summed E-state index contributed by atoms with van der Waals surface area (Å²) in [4.78, 5) is 39.5. The van der Waals surface area contributed by atoms with Crippen LogP contribution in [0.15, 0.2) is 42.9 Å². The third kappa shape index (κ3) is 6.06. The number of urea groups is 1. The zero-order valence-corrected chi connectivity index (χ0v) is 23.0. The molecule has 5 rings (SSSR count). The van der Waals surface area contributed by atoms with Gasteiger partial charge < -0.3 is 20.1 Å². The van der Waals surface area contributed by atoms with Gasteiger partial charge in [0.1, 0.15) is 11.4 Å². The fourth-order valence-corrected chi connectivity index (χ4v) is 5.00. The van der Waals surface area contributed by atoms with Crippen molar-refractivity contribution in [3.8, 4) is 0 Å². The molecule has 2 aliphatic heterocycles. The molecule has 0 spiro atoms. The van der Waals surface area contributed by atoms with Crippen molar-refractivity contribution in [2.45, 2.75) is 58.3 Å². The summed E-state index contributed by atoms with van der Waals surface area (Å²) in [6, 6.07) is 6.15. The highest BCUT2D eigenvalue weighted by atomic mass is 19.3. The Bertz CT molecular complexity index is 1430. The maximum Gasteiger partial charge on any atom is 0.414 e.